The molecule has 0 aliphatic carbocycles. The van der Waals surface area contributed by atoms with E-state index in [2.05, 4.69) is 5.32 Å². The van der Waals surface area contributed by atoms with E-state index in [1.165, 1.54) is 19.2 Å². The van der Waals surface area contributed by atoms with E-state index in [9.17, 15) is 18.3 Å². The number of aliphatic hydroxyl groups excluding tert-OH is 1. The molecular weight excluding hydrogens is 320 g/mol. The Morgan fingerprint density at radius 3 is 2.61 bits per heavy atom. The minimum absolute atomic E-state index is 0.0100. The molecule has 0 fully saturated rings. The summed E-state index contributed by atoms with van der Waals surface area (Å²) in [7, 11) is 1.27. The van der Waals surface area contributed by atoms with Crippen LogP contribution in [-0.4, -0.2) is 62.9 Å². The summed E-state index contributed by atoms with van der Waals surface area (Å²) in [6, 6.07) is 6.07. The third kappa shape index (κ3) is 3.32. The molecule has 1 amide bonds. The molecule has 0 bridgehead atoms. The number of sulfonamides is 1. The number of amides is 1. The maximum Gasteiger partial charge on any atom is 0.272 e. The lowest BCUT2D eigenvalue weighted by Crippen LogP contribution is -2.40. The zero-order valence-electron chi connectivity index (χ0n) is 13.4. The lowest BCUT2D eigenvalue weighted by atomic mass is 10.2. The van der Waals surface area contributed by atoms with E-state index < -0.39 is 15.9 Å². The summed E-state index contributed by atoms with van der Waals surface area (Å²) >= 11 is 0. The highest BCUT2D eigenvalue weighted by Gasteiger charge is 2.37. The van der Waals surface area contributed by atoms with Crippen LogP contribution in [0, 0.1) is 0 Å². The van der Waals surface area contributed by atoms with E-state index in [0.29, 0.717) is 6.54 Å². The van der Waals surface area contributed by atoms with Crippen LogP contribution in [0.5, 0.6) is 0 Å². The fraction of sp³-hybridized carbons (Fsp3) is 0.400. The van der Waals surface area contributed by atoms with E-state index in [1.807, 2.05) is 19.0 Å². The normalized spacial score (nSPS) is 16.4. The largest absolute Gasteiger partial charge is 0.505 e. The maximum absolute atomic E-state index is 12.5. The molecule has 1 aromatic carbocycles. The highest BCUT2D eigenvalue weighted by Crippen LogP contribution is 2.34. The molecule has 0 spiro atoms. The van der Waals surface area contributed by atoms with Crippen molar-refractivity contribution in [2.24, 2.45) is 0 Å². The molecule has 2 N–H and O–H groups in total. The van der Waals surface area contributed by atoms with Crippen LogP contribution in [0.25, 0.3) is 5.76 Å². The van der Waals surface area contributed by atoms with Gasteiger partial charge in [-0.3, -0.25) is 9.10 Å². The second-order valence-corrected chi connectivity index (χ2v) is 7.52. The van der Waals surface area contributed by atoms with Gasteiger partial charge in [-0.25, -0.2) is 8.42 Å². The first-order valence-electron chi connectivity index (χ1n) is 7.21. The molecule has 1 aliphatic rings. The minimum Gasteiger partial charge on any atom is -0.505 e. The Balaban J connectivity index is 2.29. The molecule has 0 saturated heterocycles. The molecule has 1 heterocycles. The van der Waals surface area contributed by atoms with Gasteiger partial charge in [-0.1, -0.05) is 12.1 Å². The molecule has 1 aliphatic heterocycles. The number of aliphatic hydroxyl groups is 1. The molecule has 2 rings (SSSR count). The van der Waals surface area contributed by atoms with Gasteiger partial charge < -0.3 is 15.3 Å². The van der Waals surface area contributed by atoms with E-state index >= 15 is 0 Å². The average Bonchev–Trinajstić information content (AvgIpc) is 2.50. The van der Waals surface area contributed by atoms with Crippen LogP contribution >= 0.6 is 0 Å². The van der Waals surface area contributed by atoms with E-state index in [1.54, 1.807) is 12.1 Å². The van der Waals surface area contributed by atoms with Crippen LogP contribution in [0.1, 0.15) is 12.0 Å². The van der Waals surface area contributed by atoms with Crippen molar-refractivity contribution >= 4 is 21.7 Å². The van der Waals surface area contributed by atoms with Gasteiger partial charge in [-0.05, 0) is 39.2 Å². The summed E-state index contributed by atoms with van der Waals surface area (Å²) in [5, 5.41) is 13.0. The van der Waals surface area contributed by atoms with Crippen LogP contribution in [0.3, 0.4) is 0 Å². The monoisotopic (exact) mass is 341 g/mol. The maximum atomic E-state index is 12.5. The number of fused-ring (bicyclic) bond motifs is 1. The third-order valence-corrected chi connectivity index (χ3v) is 5.42. The third-order valence-electron chi connectivity index (χ3n) is 3.60. The second kappa shape index (κ2) is 6.59. The molecule has 0 saturated carbocycles. The SMILES string of the molecule is CN(C)CCCN[14C](=O)C1=C(O)c2ccccc2S(=O)(=O)N1C. The molecule has 0 atom stereocenters. The van der Waals surface area contributed by atoms with Gasteiger partial charge in [-0.2, -0.15) is 0 Å². The minimum atomic E-state index is -3.85. The summed E-state index contributed by atoms with van der Waals surface area (Å²) < 4.78 is 25.8. The number of likely N-dealkylation sites (N-methyl/N-ethyl adjacent to an activating group) is 1. The van der Waals surface area contributed by atoms with Crippen LogP contribution in [-0.2, 0) is 14.8 Å². The Kier molecular flexibility index (Phi) is 4.96. The van der Waals surface area contributed by atoms with Gasteiger partial charge >= 0.3 is 0 Å². The Hall–Kier alpha value is -2.06. The average molecular weight is 341 g/mol. The van der Waals surface area contributed by atoms with Gasteiger partial charge in [0.1, 0.15) is 0 Å². The van der Waals surface area contributed by atoms with Crippen LogP contribution in [0.2, 0.25) is 0 Å². The molecule has 0 radical (unpaired) electrons. The van der Waals surface area contributed by atoms with E-state index in [4.69, 9.17) is 0 Å². The Labute approximate surface area is 136 Å². The summed E-state index contributed by atoms with van der Waals surface area (Å²) in [5.41, 5.74) is -0.113. The van der Waals surface area contributed by atoms with Crippen LogP contribution < -0.4 is 5.32 Å². The molecule has 126 valence electrons. The number of hydrogen-bond acceptors (Lipinski definition) is 5. The summed E-state index contributed by atoms with van der Waals surface area (Å²) in [6.07, 6.45) is 0.722. The molecule has 8 heteroatoms. The van der Waals surface area contributed by atoms with E-state index in [0.717, 1.165) is 17.3 Å². The van der Waals surface area contributed by atoms with Crippen molar-refractivity contribution in [2.45, 2.75) is 11.3 Å². The quantitative estimate of drug-likeness (QED) is 0.766. The lowest BCUT2D eigenvalue weighted by molar-refractivity contribution is -0.118. The van der Waals surface area contributed by atoms with Gasteiger partial charge in [0.25, 0.3) is 15.9 Å². The predicted molar refractivity (Wildman–Crippen MR) is 87.1 cm³/mol. The van der Waals surface area contributed by atoms with Crippen LogP contribution in [0.4, 0.5) is 0 Å². The fourth-order valence-corrected chi connectivity index (χ4v) is 3.76. The van der Waals surface area contributed by atoms with Gasteiger partial charge in [0.2, 0.25) is 0 Å². The fourth-order valence-electron chi connectivity index (χ4n) is 2.36. The number of nitrogens with one attached hydrogen (secondary N) is 1. The molecule has 23 heavy (non-hydrogen) atoms. The molecular formula is C15H21N3O4S. The molecule has 7 nitrogen and oxygen atoms in total. The zero-order valence-corrected chi connectivity index (χ0v) is 14.2. The lowest BCUT2D eigenvalue weighted by Gasteiger charge is -2.28. The van der Waals surface area contributed by atoms with Gasteiger partial charge in [0.15, 0.2) is 11.5 Å². The van der Waals surface area contributed by atoms with Crippen molar-refractivity contribution in [1.29, 1.82) is 0 Å². The van der Waals surface area contributed by atoms with Crippen molar-refractivity contribution in [3.05, 3.63) is 35.5 Å². The smallest absolute Gasteiger partial charge is 0.272 e. The first-order valence-corrected chi connectivity index (χ1v) is 8.65. The molecule has 1 aromatic rings. The van der Waals surface area contributed by atoms with Gasteiger partial charge in [0, 0.05) is 19.2 Å². The topological polar surface area (TPSA) is 90.0 Å². The van der Waals surface area contributed by atoms with Gasteiger partial charge in [0.05, 0.1) is 4.90 Å². The van der Waals surface area contributed by atoms with Crippen molar-refractivity contribution in [1.82, 2.24) is 14.5 Å². The predicted octanol–water partition coefficient (Wildman–Crippen LogP) is 0.615. The number of rotatable bonds is 5. The number of hydrogen-bond donors (Lipinski definition) is 2. The first kappa shape index (κ1) is 17.3. The van der Waals surface area contributed by atoms with Crippen LogP contribution in [0.15, 0.2) is 34.9 Å². The number of nitrogens with zero attached hydrogens (tertiary/aromatic N) is 2. The zero-order chi connectivity index (χ0) is 17.2. The van der Waals surface area contributed by atoms with Gasteiger partial charge in [-0.15, -0.1) is 0 Å². The first-order chi connectivity index (χ1) is 10.8. The number of carbonyl (C=O) groups excluding carboxylic acids is 1. The summed E-state index contributed by atoms with van der Waals surface area (Å²) in [6.45, 7) is 1.19. The van der Waals surface area contributed by atoms with Crippen molar-refractivity contribution in [2.75, 3.05) is 34.2 Å². The Bertz CT molecular complexity index is 741. The molecule has 0 aromatic heterocycles. The van der Waals surface area contributed by atoms with E-state index in [-0.39, 0.29) is 21.9 Å². The standard InChI is InChI=1S/C15H21N3O4S/c1-17(2)10-6-9-16-15(20)13-14(19)11-7-4-5-8-12(11)23(21,22)18(13)3/h4-5,7-8,19H,6,9-10H2,1-3H3,(H,16,20)/i15+2. The second-order valence-electron chi connectivity index (χ2n) is 5.58. The van der Waals surface area contributed by atoms with Crippen molar-refractivity contribution in [3.63, 3.8) is 0 Å². The Morgan fingerprint density at radius 2 is 1.96 bits per heavy atom. The molecule has 0 unspecified atom stereocenters. The van der Waals surface area contributed by atoms with Crippen molar-refractivity contribution in [3.8, 4) is 0 Å². The Morgan fingerprint density at radius 1 is 1.30 bits per heavy atom. The van der Waals surface area contributed by atoms with Crippen molar-refractivity contribution < 1.29 is 18.3 Å². The summed E-state index contributed by atoms with van der Waals surface area (Å²) in [4.78, 5) is 14.3. The summed E-state index contributed by atoms with van der Waals surface area (Å²) in [5.74, 6) is -0.940. The highest BCUT2D eigenvalue weighted by molar-refractivity contribution is 7.89. The highest BCUT2D eigenvalue weighted by atomic mass is 32.2. The number of benzene rings is 1. The number of carbonyl (C=O) groups is 1.